The minimum atomic E-state index is -0.442. The Morgan fingerprint density at radius 3 is 2.64 bits per heavy atom. The van der Waals surface area contributed by atoms with Crippen LogP contribution in [-0.2, 0) is 4.79 Å². The van der Waals surface area contributed by atoms with Crippen molar-refractivity contribution in [1.29, 1.82) is 5.41 Å². The standard InChI is InChI=1S/C21H20N4O2S/c1-3-13(4-2)20-24-25-18(22)16(19(26)23-21(25)28-20)12-15-10-11-17(27-15)14-8-6-5-7-9-14/h5-13,22H,3-4H2,1-2H3/b16-12-,22-18?. The summed E-state index contributed by atoms with van der Waals surface area (Å²) in [5.41, 5.74) is 1.13. The number of aliphatic imine (C=N–C) groups is 1. The maximum absolute atomic E-state index is 12.5. The number of nitrogens with one attached hydrogen (secondary N) is 1. The van der Waals surface area contributed by atoms with Gasteiger partial charge in [0.05, 0.1) is 5.57 Å². The number of benzene rings is 1. The summed E-state index contributed by atoms with van der Waals surface area (Å²) in [7, 11) is 0. The van der Waals surface area contributed by atoms with Gasteiger partial charge in [-0.15, -0.1) is 0 Å². The van der Waals surface area contributed by atoms with E-state index in [0.29, 0.717) is 22.6 Å². The van der Waals surface area contributed by atoms with E-state index in [0.717, 1.165) is 23.4 Å². The van der Waals surface area contributed by atoms with E-state index in [1.165, 1.54) is 16.8 Å². The first-order valence-corrected chi connectivity index (χ1v) is 10.1. The molecule has 0 saturated heterocycles. The average Bonchev–Trinajstić information content (AvgIpc) is 3.34. The van der Waals surface area contributed by atoms with Crippen molar-refractivity contribution in [3.05, 3.63) is 53.8 Å². The zero-order valence-electron chi connectivity index (χ0n) is 15.7. The van der Waals surface area contributed by atoms with E-state index in [1.807, 2.05) is 36.4 Å². The summed E-state index contributed by atoms with van der Waals surface area (Å²) in [6.07, 6.45) is 3.48. The van der Waals surface area contributed by atoms with Crippen LogP contribution in [0.25, 0.3) is 17.4 Å². The molecule has 2 aliphatic heterocycles. The van der Waals surface area contributed by atoms with Gasteiger partial charge in [-0.3, -0.25) is 10.2 Å². The SMILES string of the molecule is CCC(CC)C1=NN2C(=N)/C(=C/c3ccc(-c4ccccc4)o3)C(=O)N=C2S1. The van der Waals surface area contributed by atoms with E-state index >= 15 is 0 Å². The number of hydrogen-bond acceptors (Lipinski definition) is 5. The lowest BCUT2D eigenvalue weighted by Gasteiger charge is -2.19. The summed E-state index contributed by atoms with van der Waals surface area (Å²) in [6, 6.07) is 13.4. The van der Waals surface area contributed by atoms with Crippen LogP contribution in [0.5, 0.6) is 0 Å². The fourth-order valence-electron chi connectivity index (χ4n) is 3.14. The molecule has 1 aromatic carbocycles. The van der Waals surface area contributed by atoms with Crippen LogP contribution in [0.2, 0.25) is 0 Å². The van der Waals surface area contributed by atoms with E-state index in [-0.39, 0.29) is 11.4 Å². The van der Waals surface area contributed by atoms with Crippen LogP contribution in [0.4, 0.5) is 0 Å². The Kier molecular flexibility index (Phi) is 5.00. The molecule has 1 N–H and O–H groups in total. The molecule has 0 unspecified atom stereocenters. The predicted molar refractivity (Wildman–Crippen MR) is 113 cm³/mol. The van der Waals surface area contributed by atoms with Gasteiger partial charge in [0.25, 0.3) is 5.91 Å². The van der Waals surface area contributed by atoms with Gasteiger partial charge in [0.15, 0.2) is 5.84 Å². The van der Waals surface area contributed by atoms with Crippen LogP contribution in [-0.4, -0.2) is 27.0 Å². The van der Waals surface area contributed by atoms with E-state index in [2.05, 4.69) is 23.9 Å². The van der Waals surface area contributed by atoms with E-state index in [1.54, 1.807) is 12.1 Å². The number of hydrazone groups is 1. The van der Waals surface area contributed by atoms with Crippen molar-refractivity contribution in [3.63, 3.8) is 0 Å². The number of carbonyl (C=O) groups excluding carboxylic acids is 1. The van der Waals surface area contributed by atoms with Crippen LogP contribution in [0.3, 0.4) is 0 Å². The Labute approximate surface area is 167 Å². The molecule has 0 bridgehead atoms. The molecule has 3 heterocycles. The van der Waals surface area contributed by atoms with Gasteiger partial charge in [-0.05, 0) is 42.8 Å². The highest BCUT2D eigenvalue weighted by Gasteiger charge is 2.37. The second-order valence-corrected chi connectivity index (χ2v) is 7.53. The quantitative estimate of drug-likeness (QED) is 0.726. The monoisotopic (exact) mass is 392 g/mol. The smallest absolute Gasteiger partial charge is 0.283 e. The molecule has 4 rings (SSSR count). The summed E-state index contributed by atoms with van der Waals surface area (Å²) >= 11 is 1.38. The second-order valence-electron chi connectivity index (χ2n) is 6.54. The number of amidine groups is 2. The van der Waals surface area contributed by atoms with Gasteiger partial charge in [-0.1, -0.05) is 44.2 Å². The third-order valence-electron chi connectivity index (χ3n) is 4.78. The van der Waals surface area contributed by atoms with Crippen molar-refractivity contribution in [1.82, 2.24) is 5.01 Å². The normalized spacial score (nSPS) is 18.0. The molecule has 0 atom stereocenters. The molecule has 28 heavy (non-hydrogen) atoms. The maximum atomic E-state index is 12.5. The van der Waals surface area contributed by atoms with Crippen molar-refractivity contribution < 1.29 is 9.21 Å². The minimum absolute atomic E-state index is 0.0288. The summed E-state index contributed by atoms with van der Waals surface area (Å²) in [4.78, 5) is 16.7. The molecule has 1 amide bonds. The van der Waals surface area contributed by atoms with Gasteiger partial charge in [0.2, 0.25) is 5.17 Å². The maximum Gasteiger partial charge on any atom is 0.283 e. The van der Waals surface area contributed by atoms with Gasteiger partial charge in [0.1, 0.15) is 16.6 Å². The Morgan fingerprint density at radius 1 is 1.18 bits per heavy atom. The number of thioether (sulfide) groups is 1. The van der Waals surface area contributed by atoms with E-state index < -0.39 is 5.91 Å². The number of furan rings is 1. The summed E-state index contributed by atoms with van der Waals surface area (Å²) in [5.74, 6) is 1.11. The third-order valence-corrected chi connectivity index (χ3v) is 5.85. The summed E-state index contributed by atoms with van der Waals surface area (Å²) in [5, 5.41) is 15.8. The predicted octanol–water partition coefficient (Wildman–Crippen LogP) is 5.00. The fourth-order valence-corrected chi connectivity index (χ4v) is 4.30. The molecule has 0 fully saturated rings. The van der Waals surface area contributed by atoms with E-state index in [4.69, 9.17) is 9.83 Å². The number of hydrogen-bond donors (Lipinski definition) is 1. The Morgan fingerprint density at radius 2 is 1.93 bits per heavy atom. The first-order valence-electron chi connectivity index (χ1n) is 9.26. The molecule has 0 saturated carbocycles. The van der Waals surface area contributed by atoms with Gasteiger partial charge >= 0.3 is 0 Å². The lowest BCUT2D eigenvalue weighted by molar-refractivity contribution is -0.114. The topological polar surface area (TPSA) is 82.0 Å². The number of carbonyl (C=O) groups is 1. The molecule has 2 aromatic rings. The van der Waals surface area contributed by atoms with Crippen LogP contribution in [0.15, 0.2) is 62.5 Å². The number of nitrogens with zero attached hydrogens (tertiary/aromatic N) is 3. The molecule has 7 heteroatoms. The van der Waals surface area contributed by atoms with Gasteiger partial charge < -0.3 is 4.42 Å². The molecule has 0 aliphatic carbocycles. The number of amides is 1. The highest BCUT2D eigenvalue weighted by molar-refractivity contribution is 8.27. The number of fused-ring (bicyclic) bond motifs is 1. The minimum Gasteiger partial charge on any atom is -0.457 e. The summed E-state index contributed by atoms with van der Waals surface area (Å²) < 4.78 is 5.84. The number of rotatable bonds is 5. The lowest BCUT2D eigenvalue weighted by atomic mass is 10.1. The molecular weight excluding hydrogens is 372 g/mol. The van der Waals surface area contributed by atoms with E-state index in [9.17, 15) is 4.79 Å². The largest absolute Gasteiger partial charge is 0.457 e. The molecule has 2 aliphatic rings. The van der Waals surface area contributed by atoms with Gasteiger partial charge in [-0.25, -0.2) is 0 Å². The Balaban J connectivity index is 1.63. The average molecular weight is 392 g/mol. The zero-order valence-corrected chi connectivity index (χ0v) is 16.5. The molecule has 142 valence electrons. The van der Waals surface area contributed by atoms with Crippen LogP contribution >= 0.6 is 11.8 Å². The molecule has 0 spiro atoms. The molecule has 1 aromatic heterocycles. The highest BCUT2D eigenvalue weighted by atomic mass is 32.2. The third kappa shape index (κ3) is 3.33. The first kappa shape index (κ1) is 18.4. The van der Waals surface area contributed by atoms with Crippen molar-refractivity contribution >= 4 is 39.8 Å². The Bertz CT molecular complexity index is 1020. The van der Waals surface area contributed by atoms with Crippen molar-refractivity contribution in [2.24, 2.45) is 16.0 Å². The van der Waals surface area contributed by atoms with Crippen LogP contribution < -0.4 is 0 Å². The molecule has 6 nitrogen and oxygen atoms in total. The van der Waals surface area contributed by atoms with Gasteiger partial charge in [-0.2, -0.15) is 15.1 Å². The highest BCUT2D eigenvalue weighted by Crippen LogP contribution is 2.33. The van der Waals surface area contributed by atoms with Crippen LogP contribution in [0, 0.1) is 11.3 Å². The second kappa shape index (κ2) is 7.59. The zero-order chi connectivity index (χ0) is 19.7. The fraction of sp³-hybridized carbons (Fsp3) is 0.238. The summed E-state index contributed by atoms with van der Waals surface area (Å²) in [6.45, 7) is 4.22. The van der Waals surface area contributed by atoms with Crippen LogP contribution in [0.1, 0.15) is 32.4 Å². The van der Waals surface area contributed by atoms with Crippen molar-refractivity contribution in [3.8, 4) is 11.3 Å². The van der Waals surface area contributed by atoms with Crippen molar-refractivity contribution in [2.45, 2.75) is 26.7 Å². The molecule has 0 radical (unpaired) electrons. The lowest BCUT2D eigenvalue weighted by Crippen LogP contribution is -2.35. The molecular formula is C21H20N4O2S. The van der Waals surface area contributed by atoms with Gasteiger partial charge in [0, 0.05) is 11.5 Å². The Hall–Kier alpha value is -2.93. The van der Waals surface area contributed by atoms with Crippen molar-refractivity contribution in [2.75, 3.05) is 0 Å². The first-order chi connectivity index (χ1) is 13.6.